The first-order chi connectivity index (χ1) is 6.17. The van der Waals surface area contributed by atoms with Gasteiger partial charge in [-0.3, -0.25) is 0 Å². The molecule has 0 heterocycles. The summed E-state index contributed by atoms with van der Waals surface area (Å²) >= 11 is 0. The average molecular weight is 183 g/mol. The third-order valence-corrected chi connectivity index (χ3v) is 2.01. The minimum atomic E-state index is -0.485. The lowest BCUT2D eigenvalue weighted by molar-refractivity contribution is 0.267. The smallest absolute Gasteiger partial charge is 0.123 e. The van der Waals surface area contributed by atoms with Crippen LogP contribution in [-0.2, 0) is 6.42 Å². The number of aliphatic hydroxyl groups is 1. The molecule has 1 aromatic carbocycles. The van der Waals surface area contributed by atoms with Gasteiger partial charge in [-0.25, -0.2) is 4.39 Å². The van der Waals surface area contributed by atoms with Gasteiger partial charge < -0.3 is 10.8 Å². The Morgan fingerprint density at radius 3 is 2.69 bits per heavy atom. The molecule has 0 saturated carbocycles. The van der Waals surface area contributed by atoms with Crippen LogP contribution in [0.4, 0.5) is 4.39 Å². The van der Waals surface area contributed by atoms with E-state index in [4.69, 9.17) is 10.8 Å². The Balaban J connectivity index is 3.01. The van der Waals surface area contributed by atoms with Crippen LogP contribution in [0.15, 0.2) is 18.2 Å². The van der Waals surface area contributed by atoms with Crippen molar-refractivity contribution in [3.63, 3.8) is 0 Å². The third kappa shape index (κ3) is 2.50. The number of halogens is 1. The van der Waals surface area contributed by atoms with Gasteiger partial charge in [-0.2, -0.15) is 0 Å². The molecular weight excluding hydrogens is 169 g/mol. The van der Waals surface area contributed by atoms with Crippen LogP contribution in [-0.4, -0.2) is 11.7 Å². The highest BCUT2D eigenvalue weighted by Gasteiger charge is 2.06. The van der Waals surface area contributed by atoms with Gasteiger partial charge in [-0.05, 0) is 29.7 Å². The van der Waals surface area contributed by atoms with Crippen molar-refractivity contribution in [1.29, 1.82) is 0 Å². The molecule has 72 valence electrons. The maximum absolute atomic E-state index is 13.0. The molecule has 13 heavy (non-hydrogen) atoms. The van der Waals surface area contributed by atoms with Gasteiger partial charge in [0.25, 0.3) is 0 Å². The van der Waals surface area contributed by atoms with Gasteiger partial charge in [-0.15, -0.1) is 0 Å². The Labute approximate surface area is 77.2 Å². The summed E-state index contributed by atoms with van der Waals surface area (Å²) in [7, 11) is 0. The first kappa shape index (κ1) is 10.2. The molecule has 0 spiro atoms. The van der Waals surface area contributed by atoms with Crippen LogP contribution in [0.5, 0.6) is 0 Å². The summed E-state index contributed by atoms with van der Waals surface area (Å²) in [4.78, 5) is 0. The summed E-state index contributed by atoms with van der Waals surface area (Å²) in [5, 5.41) is 8.80. The Morgan fingerprint density at radius 1 is 1.46 bits per heavy atom. The van der Waals surface area contributed by atoms with Crippen molar-refractivity contribution in [2.24, 2.45) is 5.73 Å². The second-order valence-corrected chi connectivity index (χ2v) is 3.04. The number of aliphatic hydroxyl groups excluding tert-OH is 1. The molecule has 0 bridgehead atoms. The zero-order valence-corrected chi connectivity index (χ0v) is 7.63. The molecule has 0 fully saturated rings. The van der Waals surface area contributed by atoms with E-state index in [-0.39, 0.29) is 12.4 Å². The Hall–Kier alpha value is -0.930. The van der Waals surface area contributed by atoms with E-state index in [9.17, 15) is 4.39 Å². The second kappa shape index (κ2) is 4.35. The lowest BCUT2D eigenvalue weighted by Crippen LogP contribution is -2.14. The highest BCUT2D eigenvalue weighted by Crippen LogP contribution is 2.15. The molecule has 2 nitrogen and oxygen atoms in total. The fourth-order valence-electron chi connectivity index (χ4n) is 1.20. The maximum Gasteiger partial charge on any atom is 0.123 e. The van der Waals surface area contributed by atoms with Gasteiger partial charge >= 0.3 is 0 Å². The molecule has 0 radical (unpaired) electrons. The first-order valence-corrected chi connectivity index (χ1v) is 4.33. The minimum absolute atomic E-state index is 0.160. The Kier molecular flexibility index (Phi) is 3.39. The zero-order valence-electron chi connectivity index (χ0n) is 7.63. The Bertz CT molecular complexity index is 288. The SMILES string of the molecule is CCc1cc(F)cc(C(N)CO)c1. The van der Waals surface area contributed by atoms with Gasteiger partial charge in [0.15, 0.2) is 0 Å². The molecule has 0 aliphatic carbocycles. The van der Waals surface area contributed by atoms with Crippen LogP contribution in [0.2, 0.25) is 0 Å². The molecular formula is C10H14FNO. The molecule has 0 aromatic heterocycles. The fraction of sp³-hybridized carbons (Fsp3) is 0.400. The van der Waals surface area contributed by atoms with E-state index in [0.717, 1.165) is 12.0 Å². The van der Waals surface area contributed by atoms with Crippen molar-refractivity contribution in [2.75, 3.05) is 6.61 Å². The molecule has 1 atom stereocenters. The standard InChI is InChI=1S/C10H14FNO/c1-2-7-3-8(10(12)6-13)5-9(11)4-7/h3-5,10,13H,2,6,12H2,1H3. The molecule has 0 aliphatic heterocycles. The van der Waals surface area contributed by atoms with E-state index < -0.39 is 6.04 Å². The van der Waals surface area contributed by atoms with E-state index in [1.165, 1.54) is 12.1 Å². The van der Waals surface area contributed by atoms with Gasteiger partial charge in [0.1, 0.15) is 5.82 Å². The van der Waals surface area contributed by atoms with E-state index in [2.05, 4.69) is 0 Å². The lowest BCUT2D eigenvalue weighted by atomic mass is 10.0. The molecule has 1 unspecified atom stereocenters. The highest BCUT2D eigenvalue weighted by molar-refractivity contribution is 5.27. The summed E-state index contributed by atoms with van der Waals surface area (Å²) in [6, 6.07) is 4.18. The summed E-state index contributed by atoms with van der Waals surface area (Å²) in [6.07, 6.45) is 0.767. The van der Waals surface area contributed by atoms with Crippen LogP contribution in [0.1, 0.15) is 24.1 Å². The third-order valence-electron chi connectivity index (χ3n) is 2.01. The van der Waals surface area contributed by atoms with Crippen molar-refractivity contribution < 1.29 is 9.50 Å². The van der Waals surface area contributed by atoms with Gasteiger partial charge in [0, 0.05) is 0 Å². The van der Waals surface area contributed by atoms with Crippen LogP contribution in [0, 0.1) is 5.82 Å². The van der Waals surface area contributed by atoms with E-state index in [1.54, 1.807) is 0 Å². The van der Waals surface area contributed by atoms with E-state index in [0.29, 0.717) is 5.56 Å². The highest BCUT2D eigenvalue weighted by atomic mass is 19.1. The number of aryl methyl sites for hydroxylation is 1. The number of nitrogens with two attached hydrogens (primary N) is 1. The van der Waals surface area contributed by atoms with Crippen LogP contribution in [0.25, 0.3) is 0 Å². The summed E-state index contributed by atoms with van der Waals surface area (Å²) in [6.45, 7) is 1.79. The number of hydrogen-bond donors (Lipinski definition) is 2. The minimum Gasteiger partial charge on any atom is -0.394 e. The van der Waals surface area contributed by atoms with E-state index >= 15 is 0 Å². The summed E-state index contributed by atoms with van der Waals surface area (Å²) in [5.41, 5.74) is 7.12. The molecule has 0 aliphatic rings. The number of rotatable bonds is 3. The molecule has 0 saturated heterocycles. The topological polar surface area (TPSA) is 46.2 Å². The van der Waals surface area contributed by atoms with Crippen LogP contribution >= 0.6 is 0 Å². The van der Waals surface area contributed by atoms with Gasteiger partial charge in [0.2, 0.25) is 0 Å². The normalized spacial score (nSPS) is 12.9. The molecule has 1 rings (SSSR count). The van der Waals surface area contributed by atoms with Crippen molar-refractivity contribution >= 4 is 0 Å². The van der Waals surface area contributed by atoms with Crippen molar-refractivity contribution in [1.82, 2.24) is 0 Å². The molecule has 3 N–H and O–H groups in total. The maximum atomic E-state index is 13.0. The van der Waals surface area contributed by atoms with Crippen LogP contribution in [0.3, 0.4) is 0 Å². The Morgan fingerprint density at radius 2 is 2.15 bits per heavy atom. The van der Waals surface area contributed by atoms with Crippen LogP contribution < -0.4 is 5.73 Å². The summed E-state index contributed by atoms with van der Waals surface area (Å²) < 4.78 is 13.0. The van der Waals surface area contributed by atoms with Gasteiger partial charge in [-0.1, -0.05) is 13.0 Å². The second-order valence-electron chi connectivity index (χ2n) is 3.04. The first-order valence-electron chi connectivity index (χ1n) is 4.33. The predicted octanol–water partition coefficient (Wildman–Crippen LogP) is 1.38. The van der Waals surface area contributed by atoms with Gasteiger partial charge in [0.05, 0.1) is 12.6 Å². The molecule has 0 amide bonds. The van der Waals surface area contributed by atoms with E-state index in [1.807, 2.05) is 13.0 Å². The predicted molar refractivity (Wildman–Crippen MR) is 49.8 cm³/mol. The quantitative estimate of drug-likeness (QED) is 0.743. The van der Waals surface area contributed by atoms with Crippen molar-refractivity contribution in [2.45, 2.75) is 19.4 Å². The fourth-order valence-corrected chi connectivity index (χ4v) is 1.20. The van der Waals surface area contributed by atoms with Crippen molar-refractivity contribution in [3.05, 3.63) is 35.1 Å². The average Bonchev–Trinajstić information content (AvgIpc) is 2.15. The zero-order chi connectivity index (χ0) is 9.84. The monoisotopic (exact) mass is 183 g/mol. The number of benzene rings is 1. The van der Waals surface area contributed by atoms with Crippen molar-refractivity contribution in [3.8, 4) is 0 Å². The lowest BCUT2D eigenvalue weighted by Gasteiger charge is -2.09. The largest absolute Gasteiger partial charge is 0.394 e. The molecule has 3 heteroatoms. The summed E-state index contributed by atoms with van der Waals surface area (Å²) in [5.74, 6) is -0.293. The molecule has 1 aromatic rings. The number of hydrogen-bond acceptors (Lipinski definition) is 2.